The third kappa shape index (κ3) is 10.2. The zero-order chi connectivity index (χ0) is 4.12. The van der Waals surface area contributed by atoms with E-state index in [1.165, 1.54) is 0 Å². The molecule has 6 heavy (non-hydrogen) atoms. The van der Waals surface area contributed by atoms with Crippen molar-refractivity contribution in [2.24, 2.45) is 11.5 Å². The topological polar surface area (TPSA) is 66.1 Å². The molecule has 0 aliphatic carbocycles. The quantitative estimate of drug-likeness (QED) is 0.185. The van der Waals surface area contributed by atoms with Crippen LogP contribution in [-0.4, -0.2) is 12.7 Å². The van der Waals surface area contributed by atoms with Crippen molar-refractivity contribution in [1.82, 2.24) is 4.67 Å². The van der Waals surface area contributed by atoms with Gasteiger partial charge in [0.1, 0.15) is 0 Å². The van der Waals surface area contributed by atoms with Crippen molar-refractivity contribution in [1.29, 1.82) is 0 Å². The zero-order valence-corrected chi connectivity index (χ0v) is 3.89. The molecule has 0 aromatic rings. The van der Waals surface area contributed by atoms with Gasteiger partial charge in [-0.3, -0.25) is 0 Å². The Hall–Kier alpha value is -0.660. The number of hydrogen-bond donors (Lipinski definition) is 2. The largest absolute Gasteiger partial charge is 1.00 e. The Labute approximate surface area is 42.2 Å². The fourth-order valence-corrected chi connectivity index (χ4v) is 0.0497. The van der Waals surface area contributed by atoms with Gasteiger partial charge in [0.25, 0.3) is 12.7 Å². The second kappa shape index (κ2) is 8.84. The summed E-state index contributed by atoms with van der Waals surface area (Å²) in [6, 6.07) is 0. The minimum absolute atomic E-state index is 0. The van der Waals surface area contributed by atoms with Gasteiger partial charge in [-0.1, -0.05) is 0 Å². The Morgan fingerprint density at radius 2 is 1.50 bits per heavy atom. The highest BCUT2D eigenvalue weighted by Crippen LogP contribution is 0.940. The smallest absolute Gasteiger partial charge is 0.269 e. The average molecular weight is 108 g/mol. The van der Waals surface area contributed by atoms with Crippen molar-refractivity contribution in [2.75, 3.05) is 0 Å². The predicted molar refractivity (Wildman–Crippen MR) is 22.6 cm³/mol. The fraction of sp³-hybridized carbons (Fsp3) is 0. The summed E-state index contributed by atoms with van der Waals surface area (Å²) < 4.78 is 3.28. The Morgan fingerprint density at radius 3 is 1.50 bits per heavy atom. The van der Waals surface area contributed by atoms with Gasteiger partial charge in [-0.2, -0.15) is 0 Å². The van der Waals surface area contributed by atoms with E-state index in [-0.39, 0.29) is 12.4 Å². The van der Waals surface area contributed by atoms with Gasteiger partial charge in [0.15, 0.2) is 0 Å². The summed E-state index contributed by atoms with van der Waals surface area (Å²) in [4.78, 5) is 0. The van der Waals surface area contributed by atoms with Crippen molar-refractivity contribution in [3.63, 3.8) is 0 Å². The van der Waals surface area contributed by atoms with E-state index >= 15 is 0 Å². The minimum atomic E-state index is 0. The van der Waals surface area contributed by atoms with Crippen LogP contribution in [0.15, 0.2) is 0 Å². The van der Waals surface area contributed by atoms with Crippen LogP contribution in [0.3, 0.4) is 0 Å². The molecule has 36 valence electrons. The molecular formula is C2H6ClN3. The van der Waals surface area contributed by atoms with Crippen LogP contribution in [0.1, 0.15) is 0 Å². The van der Waals surface area contributed by atoms with Crippen molar-refractivity contribution in [3.05, 3.63) is 0 Å². The van der Waals surface area contributed by atoms with Crippen molar-refractivity contribution in [2.45, 2.75) is 0 Å². The highest BCUT2D eigenvalue weighted by molar-refractivity contribution is 5.60. The number of halogens is 1. The Balaban J connectivity index is 0. The van der Waals surface area contributed by atoms with E-state index in [4.69, 9.17) is 11.5 Å². The van der Waals surface area contributed by atoms with E-state index in [1.807, 2.05) is 0 Å². The second-order valence-electron chi connectivity index (χ2n) is 0.447. The number of nitrogens with two attached hydrogens (primary N) is 2. The van der Waals surface area contributed by atoms with Crippen molar-refractivity contribution in [3.8, 4) is 0 Å². The zero-order valence-electron chi connectivity index (χ0n) is 3.13. The van der Waals surface area contributed by atoms with E-state index in [0.29, 0.717) is 0 Å². The third-order valence-electron chi connectivity index (χ3n) is 0.172. The Morgan fingerprint density at radius 1 is 1.17 bits per heavy atom. The summed E-state index contributed by atoms with van der Waals surface area (Å²) >= 11 is 0. The maximum absolute atomic E-state index is 4.74. The molecule has 4 N–H and O–H groups in total. The Kier molecular flexibility index (Phi) is 13.3. The van der Waals surface area contributed by atoms with Crippen LogP contribution in [0, 0.1) is 0 Å². The van der Waals surface area contributed by atoms with Crippen molar-refractivity contribution < 1.29 is 12.4 Å². The maximum Gasteiger partial charge on any atom is 0.269 e. The molecule has 0 unspecified atom stereocenters. The molecule has 3 nitrogen and oxygen atoms in total. The standard InChI is InChI=1S/C2H5N3.ClH/c3-1-5-2-4;/h1-2H,(H3,3,4,5);1H. The predicted octanol–water partition coefficient (Wildman–Crippen LogP) is -4.97. The van der Waals surface area contributed by atoms with Crippen LogP contribution < -0.4 is 28.5 Å². The number of hydrogen-bond acceptors (Lipinski definition) is 0. The van der Waals surface area contributed by atoms with Crippen LogP contribution in [0.4, 0.5) is 0 Å². The highest BCUT2D eigenvalue weighted by atomic mass is 35.5. The van der Waals surface area contributed by atoms with Crippen LogP contribution >= 0.6 is 0 Å². The van der Waals surface area contributed by atoms with E-state index in [0.717, 1.165) is 12.7 Å². The molecular weight excluding hydrogens is 101 g/mol. The minimum Gasteiger partial charge on any atom is -1.00 e. The van der Waals surface area contributed by atoms with Gasteiger partial charge in [-0.15, -0.1) is 0 Å². The third-order valence-corrected chi connectivity index (χ3v) is 0.172. The summed E-state index contributed by atoms with van der Waals surface area (Å²) in [6.45, 7) is 0. The van der Waals surface area contributed by atoms with Crippen molar-refractivity contribution >= 4 is 12.7 Å². The molecule has 0 atom stereocenters. The first-order valence-electron chi connectivity index (χ1n) is 1.18. The lowest BCUT2D eigenvalue weighted by atomic mass is 11.3. The van der Waals surface area contributed by atoms with Gasteiger partial charge in [0.2, 0.25) is 0 Å². The van der Waals surface area contributed by atoms with E-state index in [9.17, 15) is 0 Å². The summed E-state index contributed by atoms with van der Waals surface area (Å²) in [7, 11) is 0. The fourth-order valence-electron chi connectivity index (χ4n) is 0.0497. The molecule has 0 aliphatic rings. The first-order chi connectivity index (χ1) is 2.41. The maximum atomic E-state index is 4.74. The Bertz CT molecular complexity index is 57.2. The molecule has 4 heteroatoms. The SMILES string of the molecule is NC=[N+]=CN.[Cl-]. The lowest BCUT2D eigenvalue weighted by molar-refractivity contribution is -0.00000138. The van der Waals surface area contributed by atoms with E-state index in [1.54, 1.807) is 0 Å². The first kappa shape index (κ1) is 9.02. The van der Waals surface area contributed by atoms with E-state index < -0.39 is 0 Å². The summed E-state index contributed by atoms with van der Waals surface area (Å²) in [5, 5.41) is 0. The van der Waals surface area contributed by atoms with Crippen LogP contribution in [-0.2, 0) is 0 Å². The molecule has 0 radical (unpaired) electrons. The summed E-state index contributed by atoms with van der Waals surface area (Å²) in [5.41, 5.74) is 9.47. The molecule has 0 aliphatic heterocycles. The molecule has 0 saturated heterocycles. The molecule has 0 rings (SSSR count). The van der Waals surface area contributed by atoms with E-state index in [2.05, 4.69) is 4.67 Å². The normalized spacial score (nSPS) is 4.00. The van der Waals surface area contributed by atoms with Gasteiger partial charge < -0.3 is 23.9 Å². The van der Waals surface area contributed by atoms with Gasteiger partial charge in [0.05, 0.1) is 0 Å². The van der Waals surface area contributed by atoms with Crippen LogP contribution in [0.25, 0.3) is 0 Å². The lowest BCUT2D eigenvalue weighted by Crippen LogP contribution is -3.00. The molecule has 0 saturated carbocycles. The molecule has 0 bridgehead atoms. The molecule has 0 fully saturated rings. The lowest BCUT2D eigenvalue weighted by Gasteiger charge is -1.45. The van der Waals surface area contributed by atoms with Crippen LogP contribution in [0.5, 0.6) is 0 Å². The summed E-state index contributed by atoms with van der Waals surface area (Å²) in [6.07, 6.45) is 2.25. The molecule has 0 aromatic carbocycles. The van der Waals surface area contributed by atoms with Crippen LogP contribution in [0.2, 0.25) is 0 Å². The molecule has 0 amide bonds. The highest BCUT2D eigenvalue weighted by Gasteiger charge is 1.44. The monoisotopic (exact) mass is 107 g/mol. The summed E-state index contributed by atoms with van der Waals surface area (Å²) in [5.74, 6) is 0. The number of nitrogens with zero attached hydrogens (tertiary/aromatic N) is 1. The molecule has 0 aromatic heterocycles. The molecule has 0 spiro atoms. The average Bonchev–Trinajstić information content (AvgIpc) is 1.41. The van der Waals surface area contributed by atoms with Gasteiger partial charge >= 0.3 is 0 Å². The van der Waals surface area contributed by atoms with Gasteiger partial charge in [-0.25, -0.2) is 4.67 Å². The number of rotatable bonds is 0. The first-order valence-corrected chi connectivity index (χ1v) is 1.18. The van der Waals surface area contributed by atoms with Gasteiger partial charge in [0, 0.05) is 0 Å². The van der Waals surface area contributed by atoms with Gasteiger partial charge in [-0.05, 0) is 0 Å². The molecule has 0 heterocycles. The second-order valence-corrected chi connectivity index (χ2v) is 0.447.